The van der Waals surface area contributed by atoms with Gasteiger partial charge in [0.15, 0.2) is 0 Å². The van der Waals surface area contributed by atoms with E-state index in [2.05, 4.69) is 0 Å². The Morgan fingerprint density at radius 3 is 1.51 bits per heavy atom. The molecule has 0 aliphatic rings. The van der Waals surface area contributed by atoms with E-state index >= 15 is 0 Å². The minimum absolute atomic E-state index is 0.310. The Balaban J connectivity index is 1.58. The number of furan rings is 1. The molecule has 210 valence electrons. The standard InChI is InChI=1S/C44H28O/c1-3-13-29(14-4-1)31-17-11-18-33(27-31)42-34-19-7-9-21-36(34)43(37-22-10-8-20-35(37)42)39-23-12-24-40-44(39)38-26-25-32(28-41(38)45-40)30-15-5-2-6-16-30/h1-28H/i1D,2D,3D,4D,5D,6D,7D,8D,9D,10D,11D,12D,13D,14D,15D,16D,17D,18D,19D,20D,21D,22D,23D,24D,25D,27D,28D. The second kappa shape index (κ2) is 10.4. The van der Waals surface area contributed by atoms with Crippen molar-refractivity contribution in [1.82, 2.24) is 0 Å². The van der Waals surface area contributed by atoms with Crippen molar-refractivity contribution < 1.29 is 41.4 Å². The lowest BCUT2D eigenvalue weighted by molar-refractivity contribution is 0.669. The van der Waals surface area contributed by atoms with E-state index < -0.39 is 246 Å². The molecule has 0 unspecified atom stereocenters. The van der Waals surface area contributed by atoms with Crippen LogP contribution in [0.15, 0.2) is 174 Å². The van der Waals surface area contributed by atoms with E-state index in [9.17, 15) is 11.0 Å². The Morgan fingerprint density at radius 1 is 0.356 bits per heavy atom. The summed E-state index contributed by atoms with van der Waals surface area (Å²) in [4.78, 5) is 0. The summed E-state index contributed by atoms with van der Waals surface area (Å²) in [6.07, 6.45) is 0. The molecule has 1 heterocycles. The summed E-state index contributed by atoms with van der Waals surface area (Å²) in [6, 6.07) is -23.5. The van der Waals surface area contributed by atoms with Gasteiger partial charge in [-0.25, -0.2) is 0 Å². The molecule has 0 fully saturated rings. The molecular weight excluding hydrogens is 544 g/mol. The normalized spacial score (nSPS) is 20.0. The second-order valence-electron chi connectivity index (χ2n) is 9.59. The first-order chi connectivity index (χ1) is 33.6. The lowest BCUT2D eigenvalue weighted by Gasteiger charge is -2.18. The third kappa shape index (κ3) is 4.17. The van der Waals surface area contributed by atoms with Gasteiger partial charge in [0.25, 0.3) is 0 Å². The maximum atomic E-state index is 9.62. The molecule has 0 amide bonds. The smallest absolute Gasteiger partial charge is 0.136 e. The molecule has 0 spiro atoms. The Bertz CT molecular complexity index is 3920. The van der Waals surface area contributed by atoms with Gasteiger partial charge in [0.05, 0.1) is 37.0 Å². The van der Waals surface area contributed by atoms with Gasteiger partial charge in [-0.15, -0.1) is 0 Å². The number of fused-ring (bicyclic) bond motifs is 5. The van der Waals surface area contributed by atoms with Crippen LogP contribution < -0.4 is 0 Å². The van der Waals surface area contributed by atoms with Gasteiger partial charge in [-0.3, -0.25) is 0 Å². The third-order valence-corrected chi connectivity index (χ3v) is 7.16. The predicted octanol–water partition coefficient (Wildman–Crippen LogP) is 12.6. The van der Waals surface area contributed by atoms with Crippen molar-refractivity contribution in [2.45, 2.75) is 0 Å². The van der Waals surface area contributed by atoms with Crippen molar-refractivity contribution in [2.24, 2.45) is 0 Å². The van der Waals surface area contributed by atoms with Crippen LogP contribution in [-0.2, 0) is 0 Å². The summed E-state index contributed by atoms with van der Waals surface area (Å²) in [5.74, 6) is 0. The fourth-order valence-electron chi connectivity index (χ4n) is 5.31. The van der Waals surface area contributed by atoms with Crippen LogP contribution >= 0.6 is 0 Å². The van der Waals surface area contributed by atoms with Crippen LogP contribution in [0.4, 0.5) is 0 Å². The van der Waals surface area contributed by atoms with E-state index in [0.29, 0.717) is 0 Å². The van der Waals surface area contributed by atoms with Crippen molar-refractivity contribution in [3.8, 4) is 44.5 Å². The SMILES string of the molecule is [2H]c1cc2c(oc3c([2H])c([2H])c([2H])c(-c4c5c([2H])c([2H])c([2H])c([2H])c5c(-c5c([2H])c([2H])c([2H])c(-c6c([2H])c([2H])c([2H])c([2H])c6[2H])c5[2H])c5c([2H])c([2H])c([2H])c([2H])c45)c32)c([2H])c1-c1c([2H])c([2H])c([2H])c([2H])c1[2H]. The van der Waals surface area contributed by atoms with Crippen LogP contribution in [0.1, 0.15) is 37.0 Å². The van der Waals surface area contributed by atoms with Crippen molar-refractivity contribution in [2.75, 3.05) is 0 Å². The molecule has 0 saturated heterocycles. The largest absolute Gasteiger partial charge is 0.456 e. The van der Waals surface area contributed by atoms with Gasteiger partial charge < -0.3 is 4.42 Å². The number of benzene rings is 8. The number of hydrogen-bond acceptors (Lipinski definition) is 1. The molecule has 0 aliphatic carbocycles. The van der Waals surface area contributed by atoms with E-state index in [1.807, 2.05) is 0 Å². The minimum atomic E-state index is -1.04. The van der Waals surface area contributed by atoms with E-state index in [0.717, 1.165) is 6.07 Å². The maximum Gasteiger partial charge on any atom is 0.136 e. The highest BCUT2D eigenvalue weighted by Crippen LogP contribution is 2.47. The highest BCUT2D eigenvalue weighted by atomic mass is 16.3. The maximum absolute atomic E-state index is 9.62. The van der Waals surface area contributed by atoms with Crippen molar-refractivity contribution in [3.05, 3.63) is 169 Å². The fraction of sp³-hybridized carbons (Fsp3) is 0. The quantitative estimate of drug-likeness (QED) is 0.183. The summed E-state index contributed by atoms with van der Waals surface area (Å²) in [5.41, 5.74) is -6.68. The zero-order chi connectivity index (χ0) is 53.2. The molecule has 0 radical (unpaired) electrons. The zero-order valence-corrected chi connectivity index (χ0v) is 22.5. The average molecular weight is 600 g/mol. The summed E-state index contributed by atoms with van der Waals surface area (Å²) in [7, 11) is 0. The number of rotatable bonds is 4. The van der Waals surface area contributed by atoms with Gasteiger partial charge in [-0.05, 0) is 90.2 Å². The first-order valence-electron chi connectivity index (χ1n) is 26.7. The second-order valence-corrected chi connectivity index (χ2v) is 9.59. The first kappa shape index (κ1) is 10.3. The Kier molecular flexibility index (Phi) is 2.38. The molecule has 45 heavy (non-hydrogen) atoms. The summed E-state index contributed by atoms with van der Waals surface area (Å²) in [6.45, 7) is 0. The van der Waals surface area contributed by atoms with Gasteiger partial charge in [-0.2, -0.15) is 0 Å². The van der Waals surface area contributed by atoms with E-state index in [1.165, 1.54) is 0 Å². The molecule has 1 heteroatoms. The monoisotopic (exact) mass is 599 g/mol. The fourth-order valence-corrected chi connectivity index (χ4v) is 5.31. The van der Waals surface area contributed by atoms with E-state index in [4.69, 9.17) is 30.5 Å². The van der Waals surface area contributed by atoms with Gasteiger partial charge in [-0.1, -0.05) is 145 Å². The Labute approximate surface area is 299 Å². The minimum Gasteiger partial charge on any atom is -0.456 e. The van der Waals surface area contributed by atoms with Gasteiger partial charge in [0.1, 0.15) is 11.2 Å². The lowest BCUT2D eigenvalue weighted by Crippen LogP contribution is -1.91. The number of hydrogen-bond donors (Lipinski definition) is 0. The highest BCUT2D eigenvalue weighted by molar-refractivity contribution is 6.25. The van der Waals surface area contributed by atoms with Crippen LogP contribution in [-0.4, -0.2) is 0 Å². The van der Waals surface area contributed by atoms with Crippen LogP contribution in [0.2, 0.25) is 0 Å². The van der Waals surface area contributed by atoms with Crippen LogP contribution in [0.25, 0.3) is 88.0 Å². The molecule has 1 aromatic heterocycles. The van der Waals surface area contributed by atoms with Gasteiger partial charge in [0, 0.05) is 10.8 Å². The Morgan fingerprint density at radius 2 is 0.867 bits per heavy atom. The third-order valence-electron chi connectivity index (χ3n) is 7.16. The zero-order valence-electron chi connectivity index (χ0n) is 49.5. The topological polar surface area (TPSA) is 13.1 Å². The van der Waals surface area contributed by atoms with Gasteiger partial charge in [0.2, 0.25) is 0 Å². The summed E-state index contributed by atoms with van der Waals surface area (Å²) in [5, 5.41) is -3.59. The predicted molar refractivity (Wildman–Crippen MR) is 190 cm³/mol. The average Bonchev–Trinajstić information content (AvgIpc) is 3.73. The molecule has 0 aliphatic heterocycles. The molecule has 0 atom stereocenters. The van der Waals surface area contributed by atoms with Crippen molar-refractivity contribution in [3.63, 3.8) is 0 Å². The molecule has 8 aromatic carbocycles. The van der Waals surface area contributed by atoms with Crippen molar-refractivity contribution >= 4 is 43.5 Å². The van der Waals surface area contributed by atoms with E-state index in [1.54, 1.807) is 0 Å². The van der Waals surface area contributed by atoms with Crippen molar-refractivity contribution in [1.29, 1.82) is 0 Å². The van der Waals surface area contributed by atoms with E-state index in [-0.39, 0.29) is 5.39 Å². The van der Waals surface area contributed by atoms with Crippen LogP contribution in [0, 0.1) is 0 Å². The van der Waals surface area contributed by atoms with Crippen LogP contribution in [0.5, 0.6) is 0 Å². The lowest BCUT2D eigenvalue weighted by atomic mass is 9.84. The van der Waals surface area contributed by atoms with Gasteiger partial charge >= 0.3 is 0 Å². The molecular formula is C44H28O. The first-order valence-corrected chi connectivity index (χ1v) is 13.2. The highest BCUT2D eigenvalue weighted by Gasteiger charge is 2.20. The molecule has 1 nitrogen and oxygen atoms in total. The molecule has 0 bridgehead atoms. The molecule has 0 N–H and O–H groups in total. The molecule has 9 rings (SSSR count). The summed E-state index contributed by atoms with van der Waals surface area (Å²) >= 11 is 0. The molecule has 0 saturated carbocycles. The Hall–Kier alpha value is -5.92. The summed E-state index contributed by atoms with van der Waals surface area (Å²) < 4.78 is 246. The van der Waals surface area contributed by atoms with Crippen LogP contribution in [0.3, 0.4) is 0 Å². The molecule has 9 aromatic rings.